The van der Waals surface area contributed by atoms with E-state index in [1.807, 2.05) is 13.0 Å². The van der Waals surface area contributed by atoms with Gasteiger partial charge in [-0.15, -0.1) is 11.3 Å². The van der Waals surface area contributed by atoms with Gasteiger partial charge in [0.1, 0.15) is 16.5 Å². The number of nitrogen functional groups attached to an aromatic ring is 1. The number of amides is 2. The molecule has 0 unspecified atom stereocenters. The van der Waals surface area contributed by atoms with Gasteiger partial charge in [0, 0.05) is 30.1 Å². The maximum absolute atomic E-state index is 12.4. The Morgan fingerprint density at radius 2 is 2.07 bits per heavy atom. The van der Waals surface area contributed by atoms with Gasteiger partial charge < -0.3 is 21.5 Å². The van der Waals surface area contributed by atoms with Crippen LogP contribution in [-0.2, 0) is 6.54 Å². The van der Waals surface area contributed by atoms with E-state index in [1.54, 1.807) is 30.6 Å². The van der Waals surface area contributed by atoms with Crippen molar-refractivity contribution in [3.05, 3.63) is 52.0 Å². The van der Waals surface area contributed by atoms with Gasteiger partial charge in [0.05, 0.1) is 11.3 Å². The number of benzene rings is 2. The summed E-state index contributed by atoms with van der Waals surface area (Å²) < 4.78 is 0. The minimum Gasteiger partial charge on any atom is -0.508 e. The van der Waals surface area contributed by atoms with E-state index >= 15 is 0 Å². The SMILES string of the molecule is CNC(=O)c1csc(-c2cc(-c3cc(O)ccc3C)c(N)c3c2CNC3=O)n1. The van der Waals surface area contributed by atoms with E-state index < -0.39 is 0 Å². The van der Waals surface area contributed by atoms with Crippen molar-refractivity contribution >= 4 is 28.8 Å². The fraction of sp³-hybridized carbons (Fsp3) is 0.150. The number of aromatic hydroxyl groups is 1. The van der Waals surface area contributed by atoms with Crippen LogP contribution in [0.25, 0.3) is 21.7 Å². The Hall–Kier alpha value is -3.39. The molecule has 7 nitrogen and oxygen atoms in total. The number of phenols is 1. The highest BCUT2D eigenvalue weighted by molar-refractivity contribution is 7.13. The largest absolute Gasteiger partial charge is 0.508 e. The van der Waals surface area contributed by atoms with Gasteiger partial charge in [-0.05, 0) is 41.8 Å². The molecule has 4 rings (SSSR count). The molecule has 1 aliphatic rings. The molecule has 0 fully saturated rings. The number of aryl methyl sites for hydroxylation is 1. The summed E-state index contributed by atoms with van der Waals surface area (Å²) in [6.07, 6.45) is 0. The number of rotatable bonds is 3. The number of hydrogen-bond donors (Lipinski definition) is 4. The minimum atomic E-state index is -0.271. The van der Waals surface area contributed by atoms with Crippen LogP contribution < -0.4 is 16.4 Å². The Balaban J connectivity index is 1.97. The average molecular weight is 394 g/mol. The Labute approximate surface area is 165 Å². The number of anilines is 1. The third-order valence-electron chi connectivity index (χ3n) is 4.83. The van der Waals surface area contributed by atoms with E-state index in [9.17, 15) is 14.7 Å². The fourth-order valence-corrected chi connectivity index (χ4v) is 4.23. The number of hydrogen-bond acceptors (Lipinski definition) is 6. The van der Waals surface area contributed by atoms with E-state index in [1.165, 1.54) is 11.3 Å². The summed E-state index contributed by atoms with van der Waals surface area (Å²) >= 11 is 1.33. The van der Waals surface area contributed by atoms with Gasteiger partial charge in [0.2, 0.25) is 0 Å². The molecule has 0 saturated carbocycles. The Kier molecular flexibility index (Phi) is 4.27. The number of phenolic OH excluding ortho intramolecular Hbond substituents is 1. The van der Waals surface area contributed by atoms with Gasteiger partial charge in [-0.25, -0.2) is 4.98 Å². The molecule has 1 aliphatic heterocycles. The molecule has 0 radical (unpaired) electrons. The monoisotopic (exact) mass is 394 g/mol. The van der Waals surface area contributed by atoms with Crippen LogP contribution in [0.3, 0.4) is 0 Å². The molecule has 3 aromatic rings. The zero-order chi connectivity index (χ0) is 20.0. The molecule has 28 heavy (non-hydrogen) atoms. The smallest absolute Gasteiger partial charge is 0.270 e. The Morgan fingerprint density at radius 3 is 2.82 bits per heavy atom. The van der Waals surface area contributed by atoms with Crippen molar-refractivity contribution in [1.29, 1.82) is 0 Å². The molecule has 0 bridgehead atoms. The van der Waals surface area contributed by atoms with Crippen molar-refractivity contribution < 1.29 is 14.7 Å². The van der Waals surface area contributed by atoms with Crippen LogP contribution in [0, 0.1) is 6.92 Å². The standard InChI is InChI=1S/C20H18N4O3S/c1-9-3-4-10(25)5-11(9)12-6-13(14-7-23-19(27)16(14)17(12)21)20-24-15(8-28-20)18(26)22-2/h3-6,8,25H,7,21H2,1-2H3,(H,22,26)(H,23,27). The highest BCUT2D eigenvalue weighted by atomic mass is 32.1. The summed E-state index contributed by atoms with van der Waals surface area (Å²) in [5.41, 5.74) is 11.3. The summed E-state index contributed by atoms with van der Waals surface area (Å²) in [5.74, 6) is -0.396. The Morgan fingerprint density at radius 1 is 1.29 bits per heavy atom. The van der Waals surface area contributed by atoms with E-state index in [2.05, 4.69) is 15.6 Å². The molecule has 2 aromatic carbocycles. The van der Waals surface area contributed by atoms with Gasteiger partial charge in [-0.2, -0.15) is 0 Å². The number of carbonyl (C=O) groups is 2. The normalized spacial score (nSPS) is 12.6. The second kappa shape index (κ2) is 6.65. The highest BCUT2D eigenvalue weighted by Gasteiger charge is 2.29. The van der Waals surface area contributed by atoms with Crippen molar-refractivity contribution in [3.63, 3.8) is 0 Å². The number of carbonyl (C=O) groups excluding carboxylic acids is 2. The highest BCUT2D eigenvalue weighted by Crippen LogP contribution is 2.42. The number of thiazole rings is 1. The predicted octanol–water partition coefficient (Wildman–Crippen LogP) is 2.68. The van der Waals surface area contributed by atoms with Crippen molar-refractivity contribution in [2.45, 2.75) is 13.5 Å². The molecule has 0 saturated heterocycles. The summed E-state index contributed by atoms with van der Waals surface area (Å²) in [7, 11) is 1.55. The first-order valence-electron chi connectivity index (χ1n) is 8.62. The maximum atomic E-state index is 12.4. The van der Waals surface area contributed by atoms with Gasteiger partial charge in [-0.1, -0.05) is 6.07 Å². The molecule has 0 atom stereocenters. The molecule has 2 heterocycles. The first kappa shape index (κ1) is 18.0. The summed E-state index contributed by atoms with van der Waals surface area (Å²) in [6, 6.07) is 6.90. The van der Waals surface area contributed by atoms with Crippen molar-refractivity contribution in [2.24, 2.45) is 0 Å². The number of nitrogens with zero attached hydrogens (tertiary/aromatic N) is 1. The molecule has 2 amide bonds. The van der Waals surface area contributed by atoms with Crippen LogP contribution in [0.2, 0.25) is 0 Å². The molecule has 1 aromatic heterocycles. The zero-order valence-electron chi connectivity index (χ0n) is 15.3. The molecule has 0 aliphatic carbocycles. The van der Waals surface area contributed by atoms with Crippen molar-refractivity contribution in [2.75, 3.05) is 12.8 Å². The minimum absolute atomic E-state index is 0.114. The van der Waals surface area contributed by atoms with Crippen LogP contribution in [-0.4, -0.2) is 29.0 Å². The lowest BCUT2D eigenvalue weighted by atomic mass is 9.91. The molecule has 5 N–H and O–H groups in total. The molecule has 0 spiro atoms. The van der Waals surface area contributed by atoms with Gasteiger partial charge in [-0.3, -0.25) is 9.59 Å². The van der Waals surface area contributed by atoms with E-state index in [-0.39, 0.29) is 17.6 Å². The van der Waals surface area contributed by atoms with Gasteiger partial charge >= 0.3 is 0 Å². The van der Waals surface area contributed by atoms with Crippen LogP contribution in [0.1, 0.15) is 32.0 Å². The third-order valence-corrected chi connectivity index (χ3v) is 5.71. The van der Waals surface area contributed by atoms with Gasteiger partial charge in [0.15, 0.2) is 0 Å². The third kappa shape index (κ3) is 2.78. The first-order chi connectivity index (χ1) is 13.4. The summed E-state index contributed by atoms with van der Waals surface area (Å²) in [5, 5.41) is 17.6. The van der Waals surface area contributed by atoms with Crippen molar-refractivity contribution in [3.8, 4) is 27.4 Å². The maximum Gasteiger partial charge on any atom is 0.270 e. The second-order valence-electron chi connectivity index (χ2n) is 6.54. The number of fused-ring (bicyclic) bond motifs is 1. The molecular weight excluding hydrogens is 376 g/mol. The van der Waals surface area contributed by atoms with Crippen LogP contribution in [0.4, 0.5) is 5.69 Å². The predicted molar refractivity (Wildman–Crippen MR) is 108 cm³/mol. The lowest BCUT2D eigenvalue weighted by molar-refractivity contribution is 0.0954. The number of nitrogens with two attached hydrogens (primary N) is 1. The first-order valence-corrected chi connectivity index (χ1v) is 9.50. The topological polar surface area (TPSA) is 117 Å². The van der Waals surface area contributed by atoms with E-state index in [0.717, 1.165) is 22.3 Å². The summed E-state index contributed by atoms with van der Waals surface area (Å²) in [4.78, 5) is 28.8. The van der Waals surface area contributed by atoms with Gasteiger partial charge in [0.25, 0.3) is 11.8 Å². The van der Waals surface area contributed by atoms with E-state index in [0.29, 0.717) is 34.1 Å². The van der Waals surface area contributed by atoms with E-state index in [4.69, 9.17) is 5.73 Å². The van der Waals surface area contributed by atoms with Crippen molar-refractivity contribution in [1.82, 2.24) is 15.6 Å². The van der Waals surface area contributed by atoms with Crippen LogP contribution >= 0.6 is 11.3 Å². The number of aromatic nitrogens is 1. The second-order valence-corrected chi connectivity index (χ2v) is 7.40. The Bertz CT molecular complexity index is 1140. The number of nitrogens with one attached hydrogen (secondary N) is 2. The van der Waals surface area contributed by atoms with Crippen LogP contribution in [0.5, 0.6) is 5.75 Å². The fourth-order valence-electron chi connectivity index (χ4n) is 3.38. The lowest BCUT2D eigenvalue weighted by Crippen LogP contribution is -2.17. The molecular formula is C20H18N4O3S. The zero-order valence-corrected chi connectivity index (χ0v) is 16.1. The average Bonchev–Trinajstić information content (AvgIpc) is 3.31. The molecule has 142 valence electrons. The van der Waals surface area contributed by atoms with Crippen LogP contribution in [0.15, 0.2) is 29.6 Å². The quantitative estimate of drug-likeness (QED) is 0.510. The molecule has 8 heteroatoms. The summed E-state index contributed by atoms with van der Waals surface area (Å²) in [6.45, 7) is 2.26. The lowest BCUT2D eigenvalue weighted by Gasteiger charge is -2.15.